The molecule has 1 aromatic rings. The summed E-state index contributed by atoms with van der Waals surface area (Å²) in [5.74, 6) is -2.91. The number of carbonyl (C=O) groups is 4. The zero-order valence-corrected chi connectivity index (χ0v) is 12.6. The Labute approximate surface area is 136 Å². The number of hydrogen-bond donors (Lipinski definition) is 2. The smallest absolute Gasteiger partial charge is 0.341 e. The lowest BCUT2D eigenvalue weighted by molar-refractivity contribution is -0.139. The van der Waals surface area contributed by atoms with E-state index >= 15 is 0 Å². The van der Waals surface area contributed by atoms with Gasteiger partial charge in [-0.1, -0.05) is 12.6 Å². The fraction of sp³-hybridized carbons (Fsp3) is 0.250. The largest absolute Gasteiger partial charge is 0.481 e. The number of ether oxygens (including phenoxy) is 1. The Bertz CT molecular complexity index is 785. The molecule has 0 radical (unpaired) electrons. The molecule has 3 rings (SSSR count). The Morgan fingerprint density at radius 2 is 2.08 bits per heavy atom. The van der Waals surface area contributed by atoms with Gasteiger partial charge < -0.3 is 15.2 Å². The molecule has 24 heavy (non-hydrogen) atoms. The highest BCUT2D eigenvalue weighted by Crippen LogP contribution is 2.33. The van der Waals surface area contributed by atoms with Gasteiger partial charge >= 0.3 is 5.97 Å². The molecule has 0 aliphatic carbocycles. The molecule has 2 heterocycles. The van der Waals surface area contributed by atoms with E-state index in [-0.39, 0.29) is 16.9 Å². The molecule has 0 aromatic heterocycles. The number of amides is 3. The molecule has 8 heteroatoms. The normalized spacial score (nSPS) is 20.0. The quantitative estimate of drug-likeness (QED) is 0.779. The van der Waals surface area contributed by atoms with E-state index < -0.39 is 36.3 Å². The van der Waals surface area contributed by atoms with Gasteiger partial charge in [-0.15, -0.1) is 0 Å². The molecule has 1 fully saturated rings. The summed E-state index contributed by atoms with van der Waals surface area (Å²) in [4.78, 5) is 48.9. The molecule has 8 nitrogen and oxygen atoms in total. The van der Waals surface area contributed by atoms with Gasteiger partial charge in [0.1, 0.15) is 11.8 Å². The first kappa shape index (κ1) is 15.7. The van der Waals surface area contributed by atoms with Gasteiger partial charge in [-0.2, -0.15) is 0 Å². The van der Waals surface area contributed by atoms with Gasteiger partial charge in [0.05, 0.1) is 11.1 Å². The first-order chi connectivity index (χ1) is 11.4. The van der Waals surface area contributed by atoms with E-state index in [4.69, 9.17) is 9.84 Å². The van der Waals surface area contributed by atoms with Gasteiger partial charge in [0.2, 0.25) is 5.91 Å². The van der Waals surface area contributed by atoms with E-state index in [1.54, 1.807) is 0 Å². The van der Waals surface area contributed by atoms with Crippen molar-refractivity contribution in [3.63, 3.8) is 0 Å². The molecule has 0 bridgehead atoms. The Morgan fingerprint density at radius 3 is 2.75 bits per heavy atom. The van der Waals surface area contributed by atoms with Gasteiger partial charge in [0.25, 0.3) is 11.8 Å². The molecular formula is C16H14N2O6. The van der Waals surface area contributed by atoms with Crippen molar-refractivity contribution in [2.24, 2.45) is 0 Å². The van der Waals surface area contributed by atoms with Gasteiger partial charge in [-0.25, -0.2) is 4.79 Å². The lowest BCUT2D eigenvalue weighted by Crippen LogP contribution is -2.51. The number of rotatable bonds is 4. The van der Waals surface area contributed by atoms with Crippen LogP contribution in [0.4, 0.5) is 0 Å². The van der Waals surface area contributed by atoms with Gasteiger partial charge in [-0.05, 0) is 25.0 Å². The van der Waals surface area contributed by atoms with Crippen molar-refractivity contribution in [3.05, 3.63) is 41.6 Å². The number of nitrogens with one attached hydrogen (secondary N) is 1. The number of carbonyl (C=O) groups excluding carboxylic acids is 3. The zero-order chi connectivity index (χ0) is 17.4. The molecule has 1 unspecified atom stereocenters. The van der Waals surface area contributed by atoms with Crippen LogP contribution in [0.2, 0.25) is 0 Å². The number of benzene rings is 1. The van der Waals surface area contributed by atoms with Crippen molar-refractivity contribution < 1.29 is 29.0 Å². The van der Waals surface area contributed by atoms with Crippen LogP contribution < -0.4 is 10.1 Å². The summed E-state index contributed by atoms with van der Waals surface area (Å²) in [6.07, 6.45) is 0.758. The second-order valence-corrected chi connectivity index (χ2v) is 5.49. The molecule has 1 saturated heterocycles. The third-order valence-corrected chi connectivity index (χ3v) is 3.89. The van der Waals surface area contributed by atoms with Gasteiger partial charge in [0.15, 0.2) is 6.61 Å². The summed E-state index contributed by atoms with van der Waals surface area (Å²) in [6, 6.07) is 3.44. The molecule has 124 valence electrons. The van der Waals surface area contributed by atoms with Crippen molar-refractivity contribution in [1.29, 1.82) is 0 Å². The number of carboxylic acid groups (broad SMARTS) is 1. The average molecular weight is 330 g/mol. The molecule has 2 aliphatic rings. The minimum absolute atomic E-state index is 0.0105. The van der Waals surface area contributed by atoms with Crippen LogP contribution in [0.15, 0.2) is 30.5 Å². The summed E-state index contributed by atoms with van der Waals surface area (Å²) < 4.78 is 5.09. The zero-order valence-electron chi connectivity index (χ0n) is 12.6. The summed E-state index contributed by atoms with van der Waals surface area (Å²) in [5, 5.41) is 11.2. The van der Waals surface area contributed by atoms with Gasteiger partial charge in [0, 0.05) is 5.70 Å². The number of aliphatic carboxylic acids is 1. The number of nitrogens with zero attached hydrogens (tertiary/aromatic N) is 1. The fourth-order valence-electron chi connectivity index (χ4n) is 2.82. The Balaban J connectivity index is 1.94. The molecule has 2 N–H and O–H groups in total. The van der Waals surface area contributed by atoms with Crippen LogP contribution in [0.5, 0.6) is 5.75 Å². The number of carboxylic acids is 1. The van der Waals surface area contributed by atoms with Gasteiger partial charge in [-0.3, -0.25) is 19.3 Å². The lowest BCUT2D eigenvalue weighted by Gasteiger charge is -2.29. The Morgan fingerprint density at radius 1 is 1.33 bits per heavy atom. The highest BCUT2D eigenvalue weighted by Gasteiger charge is 2.45. The Kier molecular flexibility index (Phi) is 3.80. The van der Waals surface area contributed by atoms with Crippen molar-refractivity contribution in [3.8, 4) is 5.75 Å². The van der Waals surface area contributed by atoms with Crippen LogP contribution >= 0.6 is 0 Å². The molecule has 3 amide bonds. The van der Waals surface area contributed by atoms with Crippen LogP contribution in [-0.2, 0) is 9.59 Å². The third-order valence-electron chi connectivity index (χ3n) is 3.89. The van der Waals surface area contributed by atoms with Crippen LogP contribution in [0.3, 0.4) is 0 Å². The van der Waals surface area contributed by atoms with Crippen LogP contribution in [0.1, 0.15) is 33.6 Å². The third kappa shape index (κ3) is 2.51. The molecular weight excluding hydrogens is 316 g/mol. The van der Waals surface area contributed by atoms with E-state index in [1.165, 1.54) is 18.2 Å². The first-order valence-electron chi connectivity index (χ1n) is 7.24. The second kappa shape index (κ2) is 5.80. The maximum Gasteiger partial charge on any atom is 0.341 e. The number of hydrogen-bond acceptors (Lipinski definition) is 5. The number of allylic oxidation sites excluding steroid dienone is 1. The van der Waals surface area contributed by atoms with Crippen LogP contribution in [0, 0.1) is 0 Å². The molecule has 1 aromatic carbocycles. The Hall–Kier alpha value is -3.16. The van der Waals surface area contributed by atoms with E-state index in [0.717, 1.165) is 4.90 Å². The van der Waals surface area contributed by atoms with E-state index in [9.17, 15) is 19.2 Å². The van der Waals surface area contributed by atoms with Crippen molar-refractivity contribution >= 4 is 23.7 Å². The van der Waals surface area contributed by atoms with E-state index in [1.807, 2.05) is 0 Å². The number of piperidine rings is 1. The maximum atomic E-state index is 12.7. The lowest BCUT2D eigenvalue weighted by atomic mass is 10.0. The van der Waals surface area contributed by atoms with Crippen LogP contribution in [0.25, 0.3) is 0 Å². The highest BCUT2D eigenvalue weighted by molar-refractivity contribution is 6.24. The number of fused-ring (bicyclic) bond motifs is 1. The van der Waals surface area contributed by atoms with E-state index in [0.29, 0.717) is 18.5 Å². The van der Waals surface area contributed by atoms with Crippen LogP contribution in [-0.4, -0.2) is 46.3 Å². The topological polar surface area (TPSA) is 113 Å². The van der Waals surface area contributed by atoms with Crippen molar-refractivity contribution in [1.82, 2.24) is 10.2 Å². The number of imide groups is 1. The monoisotopic (exact) mass is 330 g/mol. The minimum Gasteiger partial charge on any atom is -0.481 e. The van der Waals surface area contributed by atoms with E-state index in [2.05, 4.69) is 11.9 Å². The molecule has 2 aliphatic heterocycles. The molecule has 0 saturated carbocycles. The molecule has 0 spiro atoms. The predicted octanol–water partition coefficient (Wildman–Crippen LogP) is 0.538. The van der Waals surface area contributed by atoms with Crippen molar-refractivity contribution in [2.75, 3.05) is 6.61 Å². The summed E-state index contributed by atoms with van der Waals surface area (Å²) >= 11 is 0. The SMILES string of the molecule is C=C1CCC(N2C(=O)c3cccc(OCC(=O)O)c3C2=O)C(=O)N1. The summed E-state index contributed by atoms with van der Waals surface area (Å²) in [6.45, 7) is 3.02. The fourth-order valence-corrected chi connectivity index (χ4v) is 2.82. The van der Waals surface area contributed by atoms with Crippen molar-refractivity contribution in [2.45, 2.75) is 18.9 Å². The maximum absolute atomic E-state index is 12.7. The summed E-state index contributed by atoms with van der Waals surface area (Å²) in [7, 11) is 0. The minimum atomic E-state index is -1.20. The second-order valence-electron chi connectivity index (χ2n) is 5.49. The average Bonchev–Trinajstić information content (AvgIpc) is 2.78. The highest BCUT2D eigenvalue weighted by atomic mass is 16.5. The predicted molar refractivity (Wildman–Crippen MR) is 80.4 cm³/mol. The summed E-state index contributed by atoms with van der Waals surface area (Å²) in [5.41, 5.74) is 0.624. The standard InChI is InChI=1S/C16H14N2O6/c1-8-5-6-10(14(21)17-8)18-15(22)9-3-2-4-11(13(9)16(18)23)24-7-12(19)20/h2-4,10H,1,5-7H2,(H,17,21)(H,19,20). The molecule has 1 atom stereocenters. The first-order valence-corrected chi connectivity index (χ1v) is 7.24.